The molecule has 4 nitrogen and oxygen atoms in total. The standard InChI is InChI=1S/C10H18N2O2/c1-4-14-7-5-6-12-9(13)10(2,3)8-11/h4-7H2,1-3H3,(H,12,13). The number of nitriles is 1. The van der Waals surface area contributed by atoms with Crippen LogP contribution >= 0.6 is 0 Å². The summed E-state index contributed by atoms with van der Waals surface area (Å²) in [6.07, 6.45) is 0.779. The lowest BCUT2D eigenvalue weighted by atomic mass is 9.95. The first-order chi connectivity index (χ1) is 6.54. The van der Waals surface area contributed by atoms with Crippen molar-refractivity contribution in [1.82, 2.24) is 5.32 Å². The summed E-state index contributed by atoms with van der Waals surface area (Å²) in [6.45, 7) is 7.03. The Labute approximate surface area is 85.2 Å². The lowest BCUT2D eigenvalue weighted by molar-refractivity contribution is -0.126. The molecule has 0 fully saturated rings. The van der Waals surface area contributed by atoms with Crippen LogP contribution in [0, 0.1) is 16.7 Å². The van der Waals surface area contributed by atoms with Gasteiger partial charge < -0.3 is 10.1 Å². The largest absolute Gasteiger partial charge is 0.382 e. The molecule has 0 aliphatic carbocycles. The Morgan fingerprint density at radius 3 is 2.71 bits per heavy atom. The molecule has 0 aliphatic rings. The van der Waals surface area contributed by atoms with Crippen molar-refractivity contribution in [3.05, 3.63) is 0 Å². The van der Waals surface area contributed by atoms with E-state index in [4.69, 9.17) is 10.00 Å². The topological polar surface area (TPSA) is 62.1 Å². The minimum atomic E-state index is -0.939. The molecule has 1 N–H and O–H groups in total. The second-order valence-corrected chi connectivity index (χ2v) is 3.54. The Hall–Kier alpha value is -1.08. The van der Waals surface area contributed by atoms with Crippen LogP contribution in [0.5, 0.6) is 0 Å². The van der Waals surface area contributed by atoms with Crippen LogP contribution in [0.1, 0.15) is 27.2 Å². The van der Waals surface area contributed by atoms with Crippen molar-refractivity contribution in [3.63, 3.8) is 0 Å². The lowest BCUT2D eigenvalue weighted by Gasteiger charge is -2.14. The maximum atomic E-state index is 11.4. The first-order valence-corrected chi connectivity index (χ1v) is 4.82. The van der Waals surface area contributed by atoms with E-state index in [2.05, 4.69) is 5.32 Å². The zero-order valence-electron chi connectivity index (χ0n) is 9.09. The van der Waals surface area contributed by atoms with Gasteiger partial charge in [0.2, 0.25) is 5.91 Å². The maximum absolute atomic E-state index is 11.4. The number of amides is 1. The van der Waals surface area contributed by atoms with Crippen molar-refractivity contribution in [2.75, 3.05) is 19.8 Å². The van der Waals surface area contributed by atoms with Gasteiger partial charge in [-0.05, 0) is 27.2 Å². The van der Waals surface area contributed by atoms with Crippen molar-refractivity contribution >= 4 is 5.91 Å². The molecule has 1 amide bonds. The molecule has 0 saturated carbocycles. The molecule has 0 aromatic heterocycles. The Kier molecular flexibility index (Phi) is 5.89. The summed E-state index contributed by atoms with van der Waals surface area (Å²) < 4.78 is 5.11. The van der Waals surface area contributed by atoms with Gasteiger partial charge in [-0.15, -0.1) is 0 Å². The third-order valence-corrected chi connectivity index (χ3v) is 1.80. The molecule has 0 aromatic rings. The van der Waals surface area contributed by atoms with Gasteiger partial charge in [0.25, 0.3) is 0 Å². The Balaban J connectivity index is 3.61. The first-order valence-electron chi connectivity index (χ1n) is 4.82. The van der Waals surface area contributed by atoms with Crippen molar-refractivity contribution in [2.45, 2.75) is 27.2 Å². The van der Waals surface area contributed by atoms with Gasteiger partial charge in [0, 0.05) is 19.8 Å². The lowest BCUT2D eigenvalue weighted by Crippen LogP contribution is -2.36. The highest BCUT2D eigenvalue weighted by Crippen LogP contribution is 2.12. The van der Waals surface area contributed by atoms with E-state index in [9.17, 15) is 4.79 Å². The molecule has 0 saturated heterocycles. The van der Waals surface area contributed by atoms with E-state index >= 15 is 0 Å². The molecule has 0 bridgehead atoms. The Morgan fingerprint density at radius 1 is 1.57 bits per heavy atom. The summed E-state index contributed by atoms with van der Waals surface area (Å²) in [5, 5.41) is 11.4. The van der Waals surface area contributed by atoms with Gasteiger partial charge in [0.1, 0.15) is 5.41 Å². The van der Waals surface area contributed by atoms with Crippen molar-refractivity contribution in [3.8, 4) is 6.07 Å². The molecule has 0 atom stereocenters. The summed E-state index contributed by atoms with van der Waals surface area (Å²) in [4.78, 5) is 11.4. The molecular weight excluding hydrogens is 180 g/mol. The fourth-order valence-corrected chi connectivity index (χ4v) is 0.792. The highest BCUT2D eigenvalue weighted by molar-refractivity contribution is 5.84. The average molecular weight is 198 g/mol. The minimum absolute atomic E-state index is 0.225. The number of ether oxygens (including phenoxy) is 1. The van der Waals surface area contributed by atoms with Gasteiger partial charge in [-0.25, -0.2) is 0 Å². The minimum Gasteiger partial charge on any atom is -0.382 e. The summed E-state index contributed by atoms with van der Waals surface area (Å²) in [7, 11) is 0. The van der Waals surface area contributed by atoms with Gasteiger partial charge >= 0.3 is 0 Å². The van der Waals surface area contributed by atoms with Crippen LogP contribution in [0.4, 0.5) is 0 Å². The third kappa shape index (κ3) is 4.83. The molecule has 4 heteroatoms. The molecule has 0 heterocycles. The molecule has 80 valence electrons. The summed E-state index contributed by atoms with van der Waals surface area (Å²) in [6, 6.07) is 1.95. The number of hydrogen-bond donors (Lipinski definition) is 1. The number of rotatable bonds is 6. The van der Waals surface area contributed by atoms with E-state index < -0.39 is 5.41 Å². The maximum Gasteiger partial charge on any atom is 0.239 e. The highest BCUT2D eigenvalue weighted by atomic mass is 16.5. The normalized spacial score (nSPS) is 10.7. The van der Waals surface area contributed by atoms with E-state index in [0.717, 1.165) is 6.42 Å². The Bertz CT molecular complexity index is 219. The predicted octanol–water partition coefficient (Wildman–Crippen LogP) is 1.08. The van der Waals surface area contributed by atoms with Crippen molar-refractivity contribution in [2.24, 2.45) is 5.41 Å². The van der Waals surface area contributed by atoms with E-state index in [1.54, 1.807) is 13.8 Å². The summed E-state index contributed by atoms with van der Waals surface area (Å²) >= 11 is 0. The van der Waals surface area contributed by atoms with E-state index in [1.165, 1.54) is 0 Å². The van der Waals surface area contributed by atoms with Crippen LogP contribution in [0.15, 0.2) is 0 Å². The van der Waals surface area contributed by atoms with E-state index in [-0.39, 0.29) is 5.91 Å². The second kappa shape index (κ2) is 6.39. The van der Waals surface area contributed by atoms with Crippen LogP contribution in [-0.4, -0.2) is 25.7 Å². The Morgan fingerprint density at radius 2 is 2.21 bits per heavy atom. The van der Waals surface area contributed by atoms with Crippen LogP contribution < -0.4 is 5.32 Å². The van der Waals surface area contributed by atoms with Gasteiger partial charge in [-0.2, -0.15) is 5.26 Å². The molecular formula is C10H18N2O2. The molecule has 0 aliphatic heterocycles. The smallest absolute Gasteiger partial charge is 0.239 e. The zero-order chi connectivity index (χ0) is 11.0. The molecule has 14 heavy (non-hydrogen) atoms. The molecule has 0 rings (SSSR count). The number of carbonyl (C=O) groups is 1. The van der Waals surface area contributed by atoms with Gasteiger partial charge in [-0.3, -0.25) is 4.79 Å². The number of nitrogens with one attached hydrogen (secondary N) is 1. The molecule has 0 aromatic carbocycles. The third-order valence-electron chi connectivity index (χ3n) is 1.80. The van der Waals surface area contributed by atoms with Crippen LogP contribution in [-0.2, 0) is 9.53 Å². The fourth-order valence-electron chi connectivity index (χ4n) is 0.792. The second-order valence-electron chi connectivity index (χ2n) is 3.54. The van der Waals surface area contributed by atoms with E-state index in [1.807, 2.05) is 13.0 Å². The quantitative estimate of drug-likeness (QED) is 0.649. The van der Waals surface area contributed by atoms with Gasteiger partial charge in [0.15, 0.2) is 0 Å². The first kappa shape index (κ1) is 12.9. The molecule has 0 unspecified atom stereocenters. The monoisotopic (exact) mass is 198 g/mol. The summed E-state index contributed by atoms with van der Waals surface area (Å²) in [5.74, 6) is -0.225. The van der Waals surface area contributed by atoms with Gasteiger partial charge in [0.05, 0.1) is 6.07 Å². The molecule has 0 radical (unpaired) electrons. The number of nitrogens with zero attached hydrogens (tertiary/aromatic N) is 1. The SMILES string of the molecule is CCOCCCNC(=O)C(C)(C)C#N. The molecule has 0 spiro atoms. The fraction of sp³-hybridized carbons (Fsp3) is 0.800. The van der Waals surface area contributed by atoms with Crippen LogP contribution in [0.25, 0.3) is 0 Å². The van der Waals surface area contributed by atoms with Crippen LogP contribution in [0.2, 0.25) is 0 Å². The summed E-state index contributed by atoms with van der Waals surface area (Å²) in [5.41, 5.74) is -0.939. The van der Waals surface area contributed by atoms with E-state index in [0.29, 0.717) is 19.8 Å². The average Bonchev–Trinajstić information content (AvgIpc) is 2.17. The van der Waals surface area contributed by atoms with Crippen molar-refractivity contribution in [1.29, 1.82) is 5.26 Å². The van der Waals surface area contributed by atoms with Crippen molar-refractivity contribution < 1.29 is 9.53 Å². The van der Waals surface area contributed by atoms with Crippen LogP contribution in [0.3, 0.4) is 0 Å². The predicted molar refractivity (Wildman–Crippen MR) is 53.5 cm³/mol. The highest BCUT2D eigenvalue weighted by Gasteiger charge is 2.26. The zero-order valence-corrected chi connectivity index (χ0v) is 9.09. The number of hydrogen-bond acceptors (Lipinski definition) is 3. The number of carbonyl (C=O) groups excluding carboxylic acids is 1. The van der Waals surface area contributed by atoms with Gasteiger partial charge in [-0.1, -0.05) is 0 Å².